The van der Waals surface area contributed by atoms with Gasteiger partial charge >= 0.3 is 0 Å². The summed E-state index contributed by atoms with van der Waals surface area (Å²) in [5.41, 5.74) is 1.12. The van der Waals surface area contributed by atoms with Gasteiger partial charge in [-0.15, -0.1) is 10.2 Å². The van der Waals surface area contributed by atoms with Crippen LogP contribution in [0.1, 0.15) is 67.4 Å². The van der Waals surface area contributed by atoms with Crippen LogP contribution in [0.2, 0.25) is 0 Å². The standard InChI is InChI=1S/C27H33N5O4/c1-35-24-14-22(5-2-18(24)15-28)36-21-6-3-19(4-7-21)29-26(34)23-8-9-25(31-30-23)32-16-27(17-32)12-10-20(33)11-13-27/h2,5,8-9,14,19-21,33H,3-4,6-7,10-13,16-17H2,1H3,(H,29,34). The number of aliphatic hydroxyl groups is 1. The fraction of sp³-hybridized carbons (Fsp3) is 0.556. The zero-order valence-electron chi connectivity index (χ0n) is 20.7. The highest BCUT2D eigenvalue weighted by Crippen LogP contribution is 2.45. The third-order valence-electron chi connectivity index (χ3n) is 7.88. The molecule has 1 aromatic heterocycles. The van der Waals surface area contributed by atoms with Crippen molar-refractivity contribution in [2.45, 2.75) is 69.6 Å². The smallest absolute Gasteiger partial charge is 0.272 e. The van der Waals surface area contributed by atoms with Crippen molar-refractivity contribution in [3.8, 4) is 17.6 Å². The molecule has 2 aromatic rings. The zero-order chi connectivity index (χ0) is 25.1. The molecule has 5 rings (SSSR count). The Morgan fingerprint density at radius 2 is 1.86 bits per heavy atom. The van der Waals surface area contributed by atoms with E-state index in [2.05, 4.69) is 26.5 Å². The molecule has 3 fully saturated rings. The lowest BCUT2D eigenvalue weighted by Gasteiger charge is -2.53. The number of aromatic nitrogens is 2. The Hall–Kier alpha value is -3.38. The number of methoxy groups -OCH3 is 1. The van der Waals surface area contributed by atoms with Crippen LogP contribution in [0.4, 0.5) is 5.82 Å². The van der Waals surface area contributed by atoms with Crippen LogP contribution in [0.3, 0.4) is 0 Å². The van der Waals surface area contributed by atoms with Gasteiger partial charge in [0.2, 0.25) is 0 Å². The zero-order valence-corrected chi connectivity index (χ0v) is 20.7. The molecule has 2 saturated carbocycles. The van der Waals surface area contributed by atoms with Gasteiger partial charge in [0.1, 0.15) is 17.6 Å². The molecule has 0 radical (unpaired) electrons. The van der Waals surface area contributed by atoms with Gasteiger partial charge in [0, 0.05) is 30.6 Å². The van der Waals surface area contributed by atoms with Crippen LogP contribution in [0.5, 0.6) is 11.5 Å². The molecule has 1 aliphatic heterocycles. The van der Waals surface area contributed by atoms with E-state index in [1.54, 1.807) is 24.3 Å². The van der Waals surface area contributed by atoms with Crippen LogP contribution in [0.15, 0.2) is 30.3 Å². The molecule has 2 aliphatic carbocycles. The quantitative estimate of drug-likeness (QED) is 0.632. The van der Waals surface area contributed by atoms with E-state index in [-0.39, 0.29) is 24.2 Å². The third-order valence-corrected chi connectivity index (χ3v) is 7.88. The van der Waals surface area contributed by atoms with Crippen molar-refractivity contribution in [2.24, 2.45) is 5.41 Å². The fourth-order valence-corrected chi connectivity index (χ4v) is 5.69. The van der Waals surface area contributed by atoms with Crippen molar-refractivity contribution in [1.82, 2.24) is 15.5 Å². The molecule has 1 amide bonds. The largest absolute Gasteiger partial charge is 0.495 e. The Kier molecular flexibility index (Phi) is 6.97. The summed E-state index contributed by atoms with van der Waals surface area (Å²) in [6.07, 6.45) is 7.10. The lowest BCUT2D eigenvalue weighted by atomic mass is 9.68. The van der Waals surface area contributed by atoms with Crippen molar-refractivity contribution < 1.29 is 19.4 Å². The molecule has 1 saturated heterocycles. The molecule has 9 heteroatoms. The molecule has 0 unspecified atom stereocenters. The molecule has 190 valence electrons. The molecule has 36 heavy (non-hydrogen) atoms. The molecule has 2 N–H and O–H groups in total. The number of hydrogen-bond acceptors (Lipinski definition) is 8. The molecule has 9 nitrogen and oxygen atoms in total. The first-order valence-corrected chi connectivity index (χ1v) is 12.8. The van der Waals surface area contributed by atoms with Crippen molar-refractivity contribution in [2.75, 3.05) is 25.1 Å². The fourth-order valence-electron chi connectivity index (χ4n) is 5.69. The van der Waals surface area contributed by atoms with Crippen molar-refractivity contribution >= 4 is 11.7 Å². The van der Waals surface area contributed by atoms with E-state index < -0.39 is 0 Å². The summed E-state index contributed by atoms with van der Waals surface area (Å²) >= 11 is 0. The topological polar surface area (TPSA) is 121 Å². The number of rotatable bonds is 6. The monoisotopic (exact) mass is 491 g/mol. The number of aliphatic hydroxyl groups excluding tert-OH is 1. The number of hydrogen-bond donors (Lipinski definition) is 2. The molecule has 1 spiro atoms. The highest BCUT2D eigenvalue weighted by Gasteiger charge is 2.45. The van der Waals surface area contributed by atoms with E-state index in [0.29, 0.717) is 28.2 Å². The van der Waals surface area contributed by atoms with Crippen LogP contribution in [0, 0.1) is 16.7 Å². The lowest BCUT2D eigenvalue weighted by Crippen LogP contribution is -2.58. The number of ether oxygens (including phenoxy) is 2. The van der Waals surface area contributed by atoms with Gasteiger partial charge in [-0.1, -0.05) is 0 Å². The second-order valence-corrected chi connectivity index (χ2v) is 10.4. The van der Waals surface area contributed by atoms with Gasteiger partial charge in [0.05, 0.1) is 24.9 Å². The molecular weight excluding hydrogens is 458 g/mol. The summed E-state index contributed by atoms with van der Waals surface area (Å²) in [7, 11) is 1.54. The first-order valence-electron chi connectivity index (χ1n) is 12.8. The van der Waals surface area contributed by atoms with Crippen molar-refractivity contribution in [3.05, 3.63) is 41.6 Å². The van der Waals surface area contributed by atoms with Crippen LogP contribution < -0.4 is 19.7 Å². The summed E-state index contributed by atoms with van der Waals surface area (Å²) in [6, 6.07) is 11.0. The maximum Gasteiger partial charge on any atom is 0.272 e. The van der Waals surface area contributed by atoms with Crippen molar-refractivity contribution in [1.29, 1.82) is 5.26 Å². The Labute approximate surface area is 211 Å². The number of carbonyl (C=O) groups excluding carboxylic acids is 1. The SMILES string of the molecule is COc1cc(OC2CCC(NC(=O)c3ccc(N4CC5(CCC(O)CC5)C4)nn3)CC2)ccc1C#N. The summed E-state index contributed by atoms with van der Waals surface area (Å²) in [5, 5.41) is 30.5. The molecule has 1 aromatic carbocycles. The first-order chi connectivity index (χ1) is 17.5. The van der Waals surface area contributed by atoms with E-state index in [1.165, 1.54) is 7.11 Å². The Morgan fingerprint density at radius 3 is 2.50 bits per heavy atom. The number of amides is 1. The van der Waals surface area contributed by atoms with Gasteiger partial charge in [0.25, 0.3) is 5.91 Å². The Balaban J connectivity index is 1.07. The van der Waals surface area contributed by atoms with Gasteiger partial charge in [-0.2, -0.15) is 5.26 Å². The van der Waals surface area contributed by atoms with Gasteiger partial charge in [-0.25, -0.2) is 0 Å². The molecule has 3 aliphatic rings. The maximum absolute atomic E-state index is 12.7. The second kappa shape index (κ2) is 10.3. The van der Waals surface area contributed by atoms with Crippen LogP contribution in [-0.2, 0) is 0 Å². The molecule has 0 atom stereocenters. The van der Waals surface area contributed by atoms with Crippen LogP contribution in [0.25, 0.3) is 0 Å². The highest BCUT2D eigenvalue weighted by atomic mass is 16.5. The highest BCUT2D eigenvalue weighted by molar-refractivity contribution is 5.92. The Bertz CT molecular complexity index is 1110. The van der Waals surface area contributed by atoms with Crippen molar-refractivity contribution in [3.63, 3.8) is 0 Å². The van der Waals surface area contributed by atoms with Crippen LogP contribution in [-0.4, -0.2) is 59.7 Å². The average molecular weight is 492 g/mol. The summed E-state index contributed by atoms with van der Waals surface area (Å²) in [6.45, 7) is 1.89. The maximum atomic E-state index is 12.7. The van der Waals surface area contributed by atoms with Gasteiger partial charge < -0.3 is 24.8 Å². The predicted octanol–water partition coefficient (Wildman–Crippen LogP) is 3.22. The van der Waals surface area contributed by atoms with Gasteiger partial charge in [-0.05, 0) is 75.6 Å². The minimum atomic E-state index is -0.198. The van der Waals surface area contributed by atoms with Gasteiger partial charge in [0.15, 0.2) is 11.5 Å². The second-order valence-electron chi connectivity index (χ2n) is 10.4. The third kappa shape index (κ3) is 5.24. The normalized spacial score (nSPS) is 23.4. The number of nitrogens with one attached hydrogen (secondary N) is 1. The molecule has 2 heterocycles. The first kappa shape index (κ1) is 24.3. The lowest BCUT2D eigenvalue weighted by molar-refractivity contribution is 0.0449. The molecule has 0 bridgehead atoms. The summed E-state index contributed by atoms with van der Waals surface area (Å²) < 4.78 is 11.3. The van der Waals surface area contributed by atoms with E-state index in [4.69, 9.17) is 14.7 Å². The minimum absolute atomic E-state index is 0.0575. The number of nitriles is 1. The number of carbonyl (C=O) groups is 1. The van der Waals surface area contributed by atoms with Gasteiger partial charge in [-0.3, -0.25) is 4.79 Å². The Morgan fingerprint density at radius 1 is 1.11 bits per heavy atom. The summed E-state index contributed by atoms with van der Waals surface area (Å²) in [5.74, 6) is 1.80. The minimum Gasteiger partial charge on any atom is -0.495 e. The van der Waals surface area contributed by atoms with Crippen LogP contribution >= 0.6 is 0 Å². The number of nitrogens with zero attached hydrogens (tertiary/aromatic N) is 4. The summed E-state index contributed by atoms with van der Waals surface area (Å²) in [4.78, 5) is 14.9. The number of benzene rings is 1. The number of anilines is 1. The van der Waals surface area contributed by atoms with E-state index in [1.807, 2.05) is 6.07 Å². The van der Waals surface area contributed by atoms with E-state index >= 15 is 0 Å². The molecular formula is C27H33N5O4. The van der Waals surface area contributed by atoms with E-state index in [9.17, 15) is 9.90 Å². The predicted molar refractivity (Wildman–Crippen MR) is 133 cm³/mol. The average Bonchev–Trinajstić information content (AvgIpc) is 2.89. The van der Waals surface area contributed by atoms with E-state index in [0.717, 1.165) is 70.3 Å².